The van der Waals surface area contributed by atoms with Gasteiger partial charge in [-0.25, -0.2) is 14.6 Å². The van der Waals surface area contributed by atoms with E-state index in [1.54, 1.807) is 47.4 Å². The summed E-state index contributed by atoms with van der Waals surface area (Å²) in [5, 5.41) is 6.84. The number of carbonyl (C=O) groups excluding carboxylic acids is 2. The van der Waals surface area contributed by atoms with Crippen LogP contribution in [-0.4, -0.2) is 51.3 Å². The lowest BCUT2D eigenvalue weighted by atomic mass is 10.3. The molecule has 1 unspecified atom stereocenters. The third-order valence-corrected chi connectivity index (χ3v) is 3.35. The summed E-state index contributed by atoms with van der Waals surface area (Å²) in [5.41, 5.74) is 0. The Morgan fingerprint density at radius 2 is 1.92 bits per heavy atom. The minimum Gasteiger partial charge on any atom is -0.451 e. The Morgan fingerprint density at radius 1 is 1.24 bits per heavy atom. The molecule has 0 saturated heterocycles. The van der Waals surface area contributed by atoms with Gasteiger partial charge in [0.15, 0.2) is 6.10 Å². The molecule has 25 heavy (non-hydrogen) atoms. The van der Waals surface area contributed by atoms with Crippen LogP contribution in [0.15, 0.2) is 30.7 Å². The standard InChI is InChI=1S/C16H22N6O3/c1-11(2)22-13(6-9-19-22)20-15(24)12(3)25-14(23)10-21(4)16-17-7-5-8-18-16/h5-9,11-12H,10H2,1-4H3,(H,20,24). The fourth-order valence-electron chi connectivity index (χ4n) is 2.09. The molecule has 2 aromatic heterocycles. The van der Waals surface area contributed by atoms with Crippen LogP contribution in [0.5, 0.6) is 0 Å². The molecule has 0 aliphatic rings. The van der Waals surface area contributed by atoms with E-state index in [0.717, 1.165) is 0 Å². The number of carbonyl (C=O) groups is 2. The Kier molecular flexibility index (Phi) is 6.04. The zero-order chi connectivity index (χ0) is 18.4. The molecule has 0 aromatic carbocycles. The molecule has 9 nitrogen and oxygen atoms in total. The summed E-state index contributed by atoms with van der Waals surface area (Å²) in [6.07, 6.45) is 3.82. The number of ether oxygens (including phenoxy) is 1. The van der Waals surface area contributed by atoms with Gasteiger partial charge in [-0.05, 0) is 26.8 Å². The topological polar surface area (TPSA) is 102 Å². The lowest BCUT2D eigenvalue weighted by molar-refractivity contribution is -0.151. The molecule has 1 N–H and O–H groups in total. The first kappa shape index (κ1) is 18.4. The van der Waals surface area contributed by atoms with E-state index in [4.69, 9.17) is 4.74 Å². The number of likely N-dealkylation sites (N-methyl/N-ethyl adjacent to an activating group) is 1. The van der Waals surface area contributed by atoms with E-state index in [0.29, 0.717) is 11.8 Å². The van der Waals surface area contributed by atoms with Gasteiger partial charge < -0.3 is 15.0 Å². The molecule has 1 atom stereocenters. The zero-order valence-electron chi connectivity index (χ0n) is 14.7. The van der Waals surface area contributed by atoms with Gasteiger partial charge in [-0.3, -0.25) is 9.59 Å². The van der Waals surface area contributed by atoms with Crippen LogP contribution < -0.4 is 10.2 Å². The van der Waals surface area contributed by atoms with Gasteiger partial charge in [0.1, 0.15) is 12.4 Å². The fraction of sp³-hybridized carbons (Fsp3) is 0.438. The van der Waals surface area contributed by atoms with Crippen LogP contribution >= 0.6 is 0 Å². The van der Waals surface area contributed by atoms with Crippen LogP contribution in [0.4, 0.5) is 11.8 Å². The van der Waals surface area contributed by atoms with Crippen LogP contribution in [0.1, 0.15) is 26.8 Å². The minimum absolute atomic E-state index is 0.0639. The van der Waals surface area contributed by atoms with Gasteiger partial charge in [0, 0.05) is 31.5 Å². The second kappa shape index (κ2) is 8.22. The third kappa shape index (κ3) is 5.00. The summed E-state index contributed by atoms with van der Waals surface area (Å²) in [5.74, 6) is -0.0144. The van der Waals surface area contributed by atoms with Crippen molar-refractivity contribution in [3.8, 4) is 0 Å². The predicted octanol–water partition coefficient (Wildman–Crippen LogP) is 1.26. The molecular weight excluding hydrogens is 324 g/mol. The molecule has 0 radical (unpaired) electrons. The number of nitrogens with zero attached hydrogens (tertiary/aromatic N) is 5. The molecule has 0 fully saturated rings. The molecule has 1 amide bonds. The molecule has 0 bridgehead atoms. The number of rotatable bonds is 7. The summed E-state index contributed by atoms with van der Waals surface area (Å²) in [6.45, 7) is 5.36. The zero-order valence-corrected chi connectivity index (χ0v) is 14.7. The number of hydrogen-bond acceptors (Lipinski definition) is 7. The van der Waals surface area contributed by atoms with Gasteiger partial charge in [-0.2, -0.15) is 5.10 Å². The second-order valence-electron chi connectivity index (χ2n) is 5.78. The molecule has 2 rings (SSSR count). The van der Waals surface area contributed by atoms with Crippen LogP contribution in [0.25, 0.3) is 0 Å². The molecule has 0 aliphatic carbocycles. The average Bonchev–Trinajstić information content (AvgIpc) is 3.03. The van der Waals surface area contributed by atoms with Gasteiger partial charge >= 0.3 is 5.97 Å². The Morgan fingerprint density at radius 3 is 2.56 bits per heavy atom. The van der Waals surface area contributed by atoms with Crippen molar-refractivity contribution >= 4 is 23.6 Å². The van der Waals surface area contributed by atoms with Crippen molar-refractivity contribution < 1.29 is 14.3 Å². The number of amides is 1. The third-order valence-electron chi connectivity index (χ3n) is 3.35. The molecule has 9 heteroatoms. The maximum atomic E-state index is 12.2. The average molecular weight is 346 g/mol. The smallest absolute Gasteiger partial charge is 0.326 e. The van der Waals surface area contributed by atoms with Gasteiger partial charge in [-0.15, -0.1) is 0 Å². The molecule has 2 aromatic rings. The van der Waals surface area contributed by atoms with E-state index in [1.807, 2.05) is 13.8 Å². The maximum Gasteiger partial charge on any atom is 0.326 e. The molecule has 2 heterocycles. The largest absolute Gasteiger partial charge is 0.451 e. The molecule has 0 spiro atoms. The summed E-state index contributed by atoms with van der Waals surface area (Å²) in [4.78, 5) is 33.8. The summed E-state index contributed by atoms with van der Waals surface area (Å²) in [7, 11) is 1.67. The van der Waals surface area contributed by atoms with Crippen molar-refractivity contribution in [3.63, 3.8) is 0 Å². The summed E-state index contributed by atoms with van der Waals surface area (Å²) >= 11 is 0. The summed E-state index contributed by atoms with van der Waals surface area (Å²) < 4.78 is 6.85. The van der Waals surface area contributed by atoms with Crippen molar-refractivity contribution in [1.29, 1.82) is 0 Å². The maximum absolute atomic E-state index is 12.2. The first-order chi connectivity index (χ1) is 11.9. The van der Waals surface area contributed by atoms with E-state index in [-0.39, 0.29) is 12.6 Å². The minimum atomic E-state index is -0.937. The predicted molar refractivity (Wildman–Crippen MR) is 92.1 cm³/mol. The number of anilines is 2. The molecule has 0 aliphatic heterocycles. The Hall–Kier alpha value is -2.97. The molecule has 0 saturated carbocycles. The first-order valence-electron chi connectivity index (χ1n) is 7.90. The highest BCUT2D eigenvalue weighted by atomic mass is 16.5. The van der Waals surface area contributed by atoms with Gasteiger partial charge in [0.05, 0.1) is 6.20 Å². The van der Waals surface area contributed by atoms with Gasteiger partial charge in [0.25, 0.3) is 5.91 Å². The fourth-order valence-corrected chi connectivity index (χ4v) is 2.09. The lowest BCUT2D eigenvalue weighted by Gasteiger charge is -2.18. The van der Waals surface area contributed by atoms with Crippen molar-refractivity contribution in [2.24, 2.45) is 0 Å². The van der Waals surface area contributed by atoms with Crippen molar-refractivity contribution in [2.45, 2.75) is 32.9 Å². The summed E-state index contributed by atoms with van der Waals surface area (Å²) in [6, 6.07) is 3.47. The highest BCUT2D eigenvalue weighted by Crippen LogP contribution is 2.13. The molecule has 134 valence electrons. The number of hydrogen-bond donors (Lipinski definition) is 1. The van der Waals surface area contributed by atoms with E-state index in [2.05, 4.69) is 20.4 Å². The second-order valence-corrected chi connectivity index (χ2v) is 5.78. The van der Waals surface area contributed by atoms with E-state index in [9.17, 15) is 9.59 Å². The van der Waals surface area contributed by atoms with Crippen LogP contribution in [0.2, 0.25) is 0 Å². The Balaban J connectivity index is 1.88. The van der Waals surface area contributed by atoms with Crippen molar-refractivity contribution in [1.82, 2.24) is 19.7 Å². The van der Waals surface area contributed by atoms with Crippen molar-refractivity contribution in [3.05, 3.63) is 30.7 Å². The van der Waals surface area contributed by atoms with Crippen LogP contribution in [-0.2, 0) is 14.3 Å². The monoisotopic (exact) mass is 346 g/mol. The number of nitrogens with one attached hydrogen (secondary N) is 1. The van der Waals surface area contributed by atoms with E-state index < -0.39 is 18.0 Å². The highest BCUT2D eigenvalue weighted by molar-refractivity contribution is 5.94. The van der Waals surface area contributed by atoms with Crippen LogP contribution in [0.3, 0.4) is 0 Å². The highest BCUT2D eigenvalue weighted by Gasteiger charge is 2.21. The lowest BCUT2D eigenvalue weighted by Crippen LogP contribution is -2.35. The first-order valence-corrected chi connectivity index (χ1v) is 7.90. The Bertz CT molecular complexity index is 716. The van der Waals surface area contributed by atoms with Gasteiger partial charge in [-0.1, -0.05) is 0 Å². The van der Waals surface area contributed by atoms with Crippen LogP contribution in [0, 0.1) is 0 Å². The van der Waals surface area contributed by atoms with E-state index >= 15 is 0 Å². The van der Waals surface area contributed by atoms with E-state index in [1.165, 1.54) is 6.92 Å². The van der Waals surface area contributed by atoms with Crippen molar-refractivity contribution in [2.75, 3.05) is 23.8 Å². The molecular formula is C16H22N6O3. The SMILES string of the molecule is CC(OC(=O)CN(C)c1ncccn1)C(=O)Nc1ccnn1C(C)C. The number of esters is 1. The number of aromatic nitrogens is 4. The Labute approximate surface area is 146 Å². The normalized spacial score (nSPS) is 11.9. The quantitative estimate of drug-likeness (QED) is 0.753. The van der Waals surface area contributed by atoms with Gasteiger partial charge in [0.2, 0.25) is 5.95 Å².